The van der Waals surface area contributed by atoms with Gasteiger partial charge in [0.1, 0.15) is 0 Å². The van der Waals surface area contributed by atoms with Crippen molar-refractivity contribution in [2.45, 2.75) is 37.0 Å². The van der Waals surface area contributed by atoms with E-state index in [-0.39, 0.29) is 5.91 Å². The largest absolute Gasteiger partial charge is 0.398 e. The van der Waals surface area contributed by atoms with E-state index in [1.165, 1.54) is 43.0 Å². The van der Waals surface area contributed by atoms with Crippen molar-refractivity contribution >= 4 is 35.0 Å². The number of hydrogen-bond acceptors (Lipinski definition) is 3. The van der Waals surface area contributed by atoms with E-state index in [2.05, 4.69) is 11.4 Å². The van der Waals surface area contributed by atoms with Crippen molar-refractivity contribution in [3.8, 4) is 0 Å². The van der Waals surface area contributed by atoms with Gasteiger partial charge in [0, 0.05) is 22.2 Å². The second-order valence-electron chi connectivity index (χ2n) is 5.18. The molecule has 1 aromatic carbocycles. The topological polar surface area (TPSA) is 55.1 Å². The molecule has 114 valence electrons. The third-order valence-corrected chi connectivity index (χ3v) is 4.79. The van der Waals surface area contributed by atoms with Crippen molar-refractivity contribution in [2.75, 3.05) is 18.0 Å². The number of nitrogen functional groups attached to an aromatic ring is 1. The summed E-state index contributed by atoms with van der Waals surface area (Å²) in [6.45, 7) is 0.719. The number of allylic oxidation sites excluding steroid dienone is 1. The lowest BCUT2D eigenvalue weighted by molar-refractivity contribution is -0.118. The first-order valence-electron chi connectivity index (χ1n) is 7.27. The molecule has 0 radical (unpaired) electrons. The number of nitrogens with two attached hydrogens (primary N) is 1. The second kappa shape index (κ2) is 8.35. The third kappa shape index (κ3) is 5.64. The lowest BCUT2D eigenvalue weighted by Crippen LogP contribution is -2.26. The van der Waals surface area contributed by atoms with E-state index in [0.717, 1.165) is 17.9 Å². The molecule has 0 spiro atoms. The van der Waals surface area contributed by atoms with E-state index in [1.807, 2.05) is 0 Å². The molecule has 0 atom stereocenters. The van der Waals surface area contributed by atoms with Crippen molar-refractivity contribution in [3.05, 3.63) is 34.9 Å². The van der Waals surface area contributed by atoms with Gasteiger partial charge in [0.05, 0.1) is 5.75 Å². The molecule has 1 aromatic rings. The summed E-state index contributed by atoms with van der Waals surface area (Å²) in [5.41, 5.74) is 7.99. The van der Waals surface area contributed by atoms with Gasteiger partial charge in [-0.2, -0.15) is 0 Å². The maximum Gasteiger partial charge on any atom is 0.230 e. The van der Waals surface area contributed by atoms with Crippen LogP contribution >= 0.6 is 23.4 Å². The number of halogens is 1. The summed E-state index contributed by atoms with van der Waals surface area (Å²) < 4.78 is 0. The maximum absolute atomic E-state index is 11.8. The van der Waals surface area contributed by atoms with Gasteiger partial charge < -0.3 is 11.1 Å². The van der Waals surface area contributed by atoms with Crippen LogP contribution in [0.25, 0.3) is 0 Å². The van der Waals surface area contributed by atoms with Gasteiger partial charge in [0.25, 0.3) is 0 Å². The molecule has 0 aliphatic heterocycles. The molecular formula is C16H21ClN2OS. The predicted octanol–water partition coefficient (Wildman–Crippen LogP) is 4.02. The number of anilines is 1. The summed E-state index contributed by atoms with van der Waals surface area (Å²) in [6.07, 6.45) is 8.24. The molecule has 5 heteroatoms. The zero-order valence-electron chi connectivity index (χ0n) is 12.0. The van der Waals surface area contributed by atoms with E-state index in [1.54, 1.807) is 18.2 Å². The average molecular weight is 325 g/mol. The Balaban J connectivity index is 1.69. The standard InChI is InChI=1S/C16H21ClN2OS/c17-13-6-7-14(18)15(10-13)21-11-16(20)19-9-8-12-4-2-1-3-5-12/h4,6-7,10H,1-3,5,8-9,11,18H2,(H,19,20). The Labute approximate surface area is 135 Å². The van der Waals surface area contributed by atoms with Crippen LogP contribution in [0.15, 0.2) is 34.7 Å². The first-order valence-corrected chi connectivity index (χ1v) is 8.64. The van der Waals surface area contributed by atoms with Gasteiger partial charge in [-0.25, -0.2) is 0 Å². The number of carbonyl (C=O) groups is 1. The summed E-state index contributed by atoms with van der Waals surface area (Å²) in [5.74, 6) is 0.402. The average Bonchev–Trinajstić information content (AvgIpc) is 2.49. The van der Waals surface area contributed by atoms with Crippen molar-refractivity contribution in [3.63, 3.8) is 0 Å². The molecule has 2 rings (SSSR count). The smallest absolute Gasteiger partial charge is 0.230 e. The van der Waals surface area contributed by atoms with Gasteiger partial charge in [-0.3, -0.25) is 4.79 Å². The first kappa shape index (κ1) is 16.2. The molecule has 21 heavy (non-hydrogen) atoms. The van der Waals surface area contributed by atoms with Crippen LogP contribution in [0.5, 0.6) is 0 Å². The Kier molecular flexibility index (Phi) is 6.46. The number of rotatable bonds is 6. The molecule has 0 saturated heterocycles. The monoisotopic (exact) mass is 324 g/mol. The minimum Gasteiger partial charge on any atom is -0.398 e. The van der Waals surface area contributed by atoms with Crippen molar-refractivity contribution in [1.29, 1.82) is 0 Å². The van der Waals surface area contributed by atoms with E-state index in [9.17, 15) is 4.79 Å². The maximum atomic E-state index is 11.8. The summed E-state index contributed by atoms with van der Waals surface area (Å²) in [4.78, 5) is 12.7. The summed E-state index contributed by atoms with van der Waals surface area (Å²) >= 11 is 7.35. The molecule has 1 aliphatic rings. The predicted molar refractivity (Wildman–Crippen MR) is 90.8 cm³/mol. The van der Waals surface area contributed by atoms with Crippen molar-refractivity contribution < 1.29 is 4.79 Å². The number of amides is 1. The van der Waals surface area contributed by atoms with E-state index < -0.39 is 0 Å². The van der Waals surface area contributed by atoms with Crippen molar-refractivity contribution in [2.24, 2.45) is 0 Å². The molecule has 3 N–H and O–H groups in total. The lowest BCUT2D eigenvalue weighted by atomic mass is 9.97. The zero-order chi connectivity index (χ0) is 15.1. The number of benzene rings is 1. The van der Waals surface area contributed by atoms with Crippen LogP contribution in [-0.4, -0.2) is 18.2 Å². The molecule has 0 saturated carbocycles. The van der Waals surface area contributed by atoms with Crippen LogP contribution < -0.4 is 11.1 Å². The molecule has 0 aromatic heterocycles. The molecule has 1 amide bonds. The van der Waals surface area contributed by atoms with E-state index in [4.69, 9.17) is 17.3 Å². The fourth-order valence-corrected chi connectivity index (χ4v) is 3.39. The highest BCUT2D eigenvalue weighted by Gasteiger charge is 2.07. The Morgan fingerprint density at radius 2 is 2.24 bits per heavy atom. The van der Waals surface area contributed by atoms with Gasteiger partial charge >= 0.3 is 0 Å². The third-order valence-electron chi connectivity index (χ3n) is 3.49. The molecule has 3 nitrogen and oxygen atoms in total. The summed E-state index contributed by atoms with van der Waals surface area (Å²) in [6, 6.07) is 5.30. The fraction of sp³-hybridized carbons (Fsp3) is 0.438. The van der Waals surface area contributed by atoms with Crippen LogP contribution in [0.2, 0.25) is 5.02 Å². The van der Waals surface area contributed by atoms with Gasteiger partial charge in [-0.15, -0.1) is 11.8 Å². The van der Waals surface area contributed by atoms with Crippen LogP contribution in [0.1, 0.15) is 32.1 Å². The fourth-order valence-electron chi connectivity index (χ4n) is 2.32. The van der Waals surface area contributed by atoms with Crippen LogP contribution in [0, 0.1) is 0 Å². The number of nitrogens with one attached hydrogen (secondary N) is 1. The lowest BCUT2D eigenvalue weighted by Gasteiger charge is -2.13. The molecule has 0 bridgehead atoms. The Bertz CT molecular complexity index is 531. The highest BCUT2D eigenvalue weighted by atomic mass is 35.5. The zero-order valence-corrected chi connectivity index (χ0v) is 13.6. The molecule has 0 heterocycles. The SMILES string of the molecule is Nc1ccc(Cl)cc1SCC(=O)NCCC1=CCCCC1. The number of hydrogen-bond donors (Lipinski definition) is 2. The highest BCUT2D eigenvalue weighted by molar-refractivity contribution is 8.00. The first-order chi connectivity index (χ1) is 10.1. The van der Waals surface area contributed by atoms with Crippen LogP contribution in [0.3, 0.4) is 0 Å². The van der Waals surface area contributed by atoms with Crippen molar-refractivity contribution in [1.82, 2.24) is 5.32 Å². The van der Waals surface area contributed by atoms with Gasteiger partial charge in [-0.1, -0.05) is 23.3 Å². The molecule has 0 fully saturated rings. The molecular weight excluding hydrogens is 304 g/mol. The quantitative estimate of drug-likeness (QED) is 0.472. The highest BCUT2D eigenvalue weighted by Crippen LogP contribution is 2.27. The number of carbonyl (C=O) groups excluding carboxylic acids is 1. The minimum absolute atomic E-state index is 0.0378. The normalized spacial score (nSPS) is 14.6. The van der Waals surface area contributed by atoms with Gasteiger partial charge in [0.2, 0.25) is 5.91 Å². The van der Waals surface area contributed by atoms with E-state index in [0.29, 0.717) is 16.5 Å². The Hall–Kier alpha value is -1.13. The summed E-state index contributed by atoms with van der Waals surface area (Å²) in [7, 11) is 0. The molecule has 1 aliphatic carbocycles. The van der Waals surface area contributed by atoms with Gasteiger partial charge in [-0.05, 0) is 50.3 Å². The molecule has 0 unspecified atom stereocenters. The van der Waals surface area contributed by atoms with Gasteiger partial charge in [0.15, 0.2) is 0 Å². The Morgan fingerprint density at radius 3 is 3.00 bits per heavy atom. The minimum atomic E-state index is 0.0378. The van der Waals surface area contributed by atoms with E-state index >= 15 is 0 Å². The summed E-state index contributed by atoms with van der Waals surface area (Å²) in [5, 5.41) is 3.60. The number of thioether (sulfide) groups is 1. The second-order valence-corrected chi connectivity index (χ2v) is 6.63. The van der Waals surface area contributed by atoms with Crippen LogP contribution in [-0.2, 0) is 4.79 Å². The van der Waals surface area contributed by atoms with Crippen LogP contribution in [0.4, 0.5) is 5.69 Å². The Morgan fingerprint density at radius 1 is 1.38 bits per heavy atom.